The van der Waals surface area contributed by atoms with Crippen LogP contribution >= 0.6 is 31.9 Å². The molecule has 0 aliphatic carbocycles. The second kappa shape index (κ2) is 6.21. The van der Waals surface area contributed by atoms with E-state index in [1.54, 1.807) is 12.1 Å². The average Bonchev–Trinajstić information content (AvgIpc) is 2.36. The third-order valence-corrected chi connectivity index (χ3v) is 4.90. The third kappa shape index (κ3) is 4.23. The fourth-order valence-corrected chi connectivity index (χ4v) is 3.81. The zero-order valence-corrected chi connectivity index (χ0v) is 14.6. The zero-order valence-electron chi connectivity index (χ0n) is 10.7. The van der Waals surface area contributed by atoms with Gasteiger partial charge in [-0.1, -0.05) is 37.9 Å². The van der Waals surface area contributed by atoms with Crippen LogP contribution in [0.25, 0.3) is 0 Å². The maximum Gasteiger partial charge on any atom is 0.416 e. The molecule has 2 aromatic carbocycles. The predicted octanol–water partition coefficient (Wildman–Crippen LogP) is 5.03. The van der Waals surface area contributed by atoms with Crippen LogP contribution in [0.4, 0.5) is 18.9 Å². The number of nitrogens with one attached hydrogen (secondary N) is 1. The fraction of sp³-hybridized carbons (Fsp3) is 0.0769. The van der Waals surface area contributed by atoms with Crippen LogP contribution in [-0.2, 0) is 16.2 Å². The molecule has 0 atom stereocenters. The Kier molecular flexibility index (Phi) is 4.88. The molecule has 0 aliphatic heterocycles. The number of sulfonamides is 1. The first-order valence-electron chi connectivity index (χ1n) is 5.74. The number of rotatable bonds is 3. The molecule has 1 N–H and O–H groups in total. The minimum absolute atomic E-state index is 0.0249. The molecule has 0 amide bonds. The van der Waals surface area contributed by atoms with E-state index >= 15 is 0 Å². The molecule has 0 unspecified atom stereocenters. The normalized spacial score (nSPS) is 12.2. The van der Waals surface area contributed by atoms with Gasteiger partial charge < -0.3 is 0 Å². The zero-order chi connectivity index (χ0) is 16.5. The van der Waals surface area contributed by atoms with Crippen molar-refractivity contribution >= 4 is 47.6 Å². The SMILES string of the molecule is O=S(=O)(Nc1cccc(Br)c1)c1cc(Br)cc(C(F)(F)F)c1. The van der Waals surface area contributed by atoms with Crippen molar-refractivity contribution in [3.05, 3.63) is 57.0 Å². The van der Waals surface area contributed by atoms with Gasteiger partial charge in [-0.2, -0.15) is 13.2 Å². The summed E-state index contributed by atoms with van der Waals surface area (Å²) in [5.74, 6) is 0. The van der Waals surface area contributed by atoms with Crippen LogP contribution in [0.1, 0.15) is 5.56 Å². The average molecular weight is 459 g/mol. The summed E-state index contributed by atoms with van der Waals surface area (Å²) >= 11 is 6.08. The number of halogens is 5. The van der Waals surface area contributed by atoms with Crippen LogP contribution < -0.4 is 4.72 Å². The van der Waals surface area contributed by atoms with Crippen molar-refractivity contribution in [3.8, 4) is 0 Å². The first-order chi connectivity index (χ1) is 10.1. The Bertz CT molecular complexity index is 807. The summed E-state index contributed by atoms with van der Waals surface area (Å²) in [6.07, 6.45) is -4.64. The second-order valence-corrected chi connectivity index (χ2v) is 7.80. The van der Waals surface area contributed by atoms with E-state index in [2.05, 4.69) is 36.6 Å². The van der Waals surface area contributed by atoms with Gasteiger partial charge in [0.05, 0.1) is 10.5 Å². The first kappa shape index (κ1) is 17.3. The van der Waals surface area contributed by atoms with Gasteiger partial charge in [0.15, 0.2) is 0 Å². The second-order valence-electron chi connectivity index (χ2n) is 4.29. The minimum atomic E-state index is -4.64. The molecule has 2 aromatic rings. The van der Waals surface area contributed by atoms with E-state index in [-0.39, 0.29) is 10.2 Å². The van der Waals surface area contributed by atoms with Crippen molar-refractivity contribution in [2.75, 3.05) is 4.72 Å². The molecule has 0 spiro atoms. The van der Waals surface area contributed by atoms with Gasteiger partial charge in [-0.3, -0.25) is 4.72 Å². The largest absolute Gasteiger partial charge is 0.416 e. The molecule has 0 aromatic heterocycles. The molecule has 0 heterocycles. The molecule has 0 radical (unpaired) electrons. The molecule has 0 saturated heterocycles. The molecule has 0 bridgehead atoms. The van der Waals surface area contributed by atoms with Gasteiger partial charge in [0.25, 0.3) is 10.0 Å². The van der Waals surface area contributed by atoms with E-state index in [1.165, 1.54) is 12.1 Å². The number of anilines is 1. The molecular weight excluding hydrogens is 451 g/mol. The first-order valence-corrected chi connectivity index (χ1v) is 8.81. The lowest BCUT2D eigenvalue weighted by molar-refractivity contribution is -0.137. The lowest BCUT2D eigenvalue weighted by atomic mass is 10.2. The standard InChI is InChI=1S/C13H8Br2F3NO2S/c14-9-2-1-3-11(6-9)19-22(20,21)12-5-8(13(16,17)18)4-10(15)7-12/h1-7,19H. The van der Waals surface area contributed by atoms with E-state index < -0.39 is 26.7 Å². The number of benzene rings is 2. The van der Waals surface area contributed by atoms with Crippen molar-refractivity contribution in [3.63, 3.8) is 0 Å². The fourth-order valence-electron chi connectivity index (χ4n) is 1.65. The van der Waals surface area contributed by atoms with Crippen molar-refractivity contribution in [1.29, 1.82) is 0 Å². The van der Waals surface area contributed by atoms with E-state index in [9.17, 15) is 21.6 Å². The topological polar surface area (TPSA) is 46.2 Å². The van der Waals surface area contributed by atoms with Crippen molar-refractivity contribution < 1.29 is 21.6 Å². The van der Waals surface area contributed by atoms with Crippen LogP contribution in [0.3, 0.4) is 0 Å². The number of hydrogen-bond acceptors (Lipinski definition) is 2. The minimum Gasteiger partial charge on any atom is -0.280 e. The summed E-state index contributed by atoms with van der Waals surface area (Å²) in [5.41, 5.74) is -0.806. The van der Waals surface area contributed by atoms with Crippen LogP contribution in [0.15, 0.2) is 56.3 Å². The molecule has 3 nitrogen and oxygen atoms in total. The highest BCUT2D eigenvalue weighted by Crippen LogP contribution is 2.33. The summed E-state index contributed by atoms with van der Waals surface area (Å²) < 4.78 is 65.7. The van der Waals surface area contributed by atoms with Gasteiger partial charge in [-0.25, -0.2) is 8.42 Å². The highest BCUT2D eigenvalue weighted by atomic mass is 79.9. The Morgan fingerprint density at radius 1 is 0.955 bits per heavy atom. The van der Waals surface area contributed by atoms with Crippen molar-refractivity contribution in [2.45, 2.75) is 11.1 Å². The third-order valence-electron chi connectivity index (χ3n) is 2.59. The van der Waals surface area contributed by atoms with E-state index in [4.69, 9.17) is 0 Å². The Balaban J connectivity index is 2.43. The van der Waals surface area contributed by atoms with E-state index in [0.717, 1.165) is 12.1 Å². The van der Waals surface area contributed by atoms with Crippen molar-refractivity contribution in [2.24, 2.45) is 0 Å². The molecule has 22 heavy (non-hydrogen) atoms. The van der Waals surface area contributed by atoms with Crippen LogP contribution in [0.2, 0.25) is 0 Å². The smallest absolute Gasteiger partial charge is 0.280 e. The predicted molar refractivity (Wildman–Crippen MR) is 84.1 cm³/mol. The highest BCUT2D eigenvalue weighted by Gasteiger charge is 2.32. The lowest BCUT2D eigenvalue weighted by Crippen LogP contribution is -2.14. The van der Waals surface area contributed by atoms with Gasteiger partial charge >= 0.3 is 6.18 Å². The summed E-state index contributed by atoms with van der Waals surface area (Å²) in [4.78, 5) is -0.478. The number of alkyl halides is 3. The van der Waals surface area contributed by atoms with Crippen molar-refractivity contribution in [1.82, 2.24) is 0 Å². The lowest BCUT2D eigenvalue weighted by Gasteiger charge is -2.12. The Labute approximate surface area is 141 Å². The molecular formula is C13H8Br2F3NO2S. The molecule has 0 aliphatic rings. The van der Waals surface area contributed by atoms with Gasteiger partial charge in [0.2, 0.25) is 0 Å². The Hall–Kier alpha value is -1.06. The molecule has 2 rings (SSSR count). The maximum atomic E-state index is 12.8. The van der Waals surface area contributed by atoms with E-state index in [0.29, 0.717) is 10.5 Å². The quantitative estimate of drug-likeness (QED) is 0.700. The van der Waals surface area contributed by atoms with Crippen LogP contribution in [-0.4, -0.2) is 8.42 Å². The summed E-state index contributed by atoms with van der Waals surface area (Å²) in [6.45, 7) is 0. The van der Waals surface area contributed by atoms with E-state index in [1.807, 2.05) is 0 Å². The molecule has 9 heteroatoms. The molecule has 118 valence electrons. The highest BCUT2D eigenvalue weighted by molar-refractivity contribution is 9.10. The summed E-state index contributed by atoms with van der Waals surface area (Å²) in [5, 5.41) is 0. The molecule has 0 fully saturated rings. The van der Waals surface area contributed by atoms with Crippen LogP contribution in [0, 0.1) is 0 Å². The monoisotopic (exact) mass is 457 g/mol. The van der Waals surface area contributed by atoms with Gasteiger partial charge in [-0.05, 0) is 36.4 Å². The van der Waals surface area contributed by atoms with Gasteiger partial charge in [0.1, 0.15) is 0 Å². The Morgan fingerprint density at radius 3 is 2.23 bits per heavy atom. The number of hydrogen-bond donors (Lipinski definition) is 1. The van der Waals surface area contributed by atoms with Crippen LogP contribution in [0.5, 0.6) is 0 Å². The summed E-state index contributed by atoms with van der Waals surface area (Å²) in [6, 6.07) is 8.80. The maximum absolute atomic E-state index is 12.8. The Morgan fingerprint density at radius 2 is 1.64 bits per heavy atom. The van der Waals surface area contributed by atoms with Gasteiger partial charge in [0, 0.05) is 14.6 Å². The van der Waals surface area contributed by atoms with Gasteiger partial charge in [-0.15, -0.1) is 0 Å². The molecule has 0 saturated carbocycles. The summed E-state index contributed by atoms with van der Waals surface area (Å²) in [7, 11) is -4.14.